The van der Waals surface area contributed by atoms with Crippen LogP contribution in [-0.2, 0) is 4.74 Å². The summed E-state index contributed by atoms with van der Waals surface area (Å²) in [6, 6.07) is 6.55. The molecule has 1 saturated heterocycles. The largest absolute Gasteiger partial charge is 0.374 e. The van der Waals surface area contributed by atoms with Crippen molar-refractivity contribution in [1.82, 2.24) is 5.32 Å². The van der Waals surface area contributed by atoms with Crippen molar-refractivity contribution in [2.45, 2.75) is 26.4 Å². The maximum atomic E-state index is 5.82. The number of benzene rings is 1. The molecule has 3 nitrogen and oxygen atoms in total. The Morgan fingerprint density at radius 2 is 2.22 bits per heavy atom. The van der Waals surface area contributed by atoms with Crippen LogP contribution in [-0.4, -0.2) is 39.4 Å². The minimum absolute atomic E-state index is 0.353. The first-order valence-electron chi connectivity index (χ1n) is 6.79. The van der Waals surface area contributed by atoms with Crippen LogP contribution >= 0.6 is 0 Å². The summed E-state index contributed by atoms with van der Waals surface area (Å²) in [5.41, 5.74) is 4.13. The summed E-state index contributed by atoms with van der Waals surface area (Å²) >= 11 is 0. The fourth-order valence-corrected chi connectivity index (χ4v) is 2.50. The Morgan fingerprint density at radius 1 is 1.39 bits per heavy atom. The molecule has 1 N–H and O–H groups in total. The fourth-order valence-electron chi connectivity index (χ4n) is 2.50. The number of nitrogens with zero attached hydrogens (tertiary/aromatic N) is 1. The lowest BCUT2D eigenvalue weighted by atomic mass is 10.1. The molecule has 1 aliphatic heterocycles. The highest BCUT2D eigenvalue weighted by Crippen LogP contribution is 2.25. The standard InChI is InChI=1S/C15H24N2O/c1-12-5-4-6-15(13(12)2)17-9-10-18-14(11-17)7-8-16-3/h4-6,14,16H,7-11H2,1-3H3. The molecule has 1 aliphatic rings. The Labute approximate surface area is 110 Å². The number of anilines is 1. The van der Waals surface area contributed by atoms with E-state index in [1.807, 2.05) is 7.05 Å². The number of nitrogens with one attached hydrogen (secondary N) is 1. The van der Waals surface area contributed by atoms with E-state index < -0.39 is 0 Å². The van der Waals surface area contributed by atoms with Gasteiger partial charge in [-0.05, 0) is 51.1 Å². The Bertz CT molecular complexity index is 392. The number of rotatable bonds is 4. The molecule has 18 heavy (non-hydrogen) atoms. The third kappa shape index (κ3) is 3.03. The maximum Gasteiger partial charge on any atom is 0.0762 e. The van der Waals surface area contributed by atoms with Crippen molar-refractivity contribution < 1.29 is 4.74 Å². The second-order valence-corrected chi connectivity index (χ2v) is 5.05. The lowest BCUT2D eigenvalue weighted by Gasteiger charge is -2.35. The van der Waals surface area contributed by atoms with Gasteiger partial charge in [-0.25, -0.2) is 0 Å². The SMILES string of the molecule is CNCCC1CN(c2cccc(C)c2C)CCO1. The van der Waals surface area contributed by atoms with Crippen LogP contribution in [0.5, 0.6) is 0 Å². The third-order valence-electron chi connectivity index (χ3n) is 3.77. The minimum Gasteiger partial charge on any atom is -0.374 e. The average molecular weight is 248 g/mol. The van der Waals surface area contributed by atoms with Crippen molar-refractivity contribution in [2.24, 2.45) is 0 Å². The van der Waals surface area contributed by atoms with Gasteiger partial charge in [0.25, 0.3) is 0 Å². The van der Waals surface area contributed by atoms with Crippen molar-refractivity contribution in [3.8, 4) is 0 Å². The van der Waals surface area contributed by atoms with Crippen LogP contribution < -0.4 is 10.2 Å². The number of hydrogen-bond donors (Lipinski definition) is 1. The van der Waals surface area contributed by atoms with E-state index >= 15 is 0 Å². The van der Waals surface area contributed by atoms with Gasteiger partial charge in [-0.2, -0.15) is 0 Å². The van der Waals surface area contributed by atoms with E-state index in [9.17, 15) is 0 Å². The molecule has 0 radical (unpaired) electrons. The van der Waals surface area contributed by atoms with Gasteiger partial charge in [-0.15, -0.1) is 0 Å². The zero-order valence-electron chi connectivity index (χ0n) is 11.7. The molecule has 100 valence electrons. The molecule has 1 atom stereocenters. The van der Waals surface area contributed by atoms with Crippen LogP contribution in [0.4, 0.5) is 5.69 Å². The van der Waals surface area contributed by atoms with Gasteiger partial charge in [0.15, 0.2) is 0 Å². The van der Waals surface area contributed by atoms with E-state index in [0.29, 0.717) is 6.10 Å². The van der Waals surface area contributed by atoms with Crippen LogP contribution in [0.15, 0.2) is 18.2 Å². The van der Waals surface area contributed by atoms with Gasteiger partial charge in [0.2, 0.25) is 0 Å². The summed E-state index contributed by atoms with van der Waals surface area (Å²) in [5, 5.41) is 3.19. The number of ether oxygens (including phenoxy) is 1. The van der Waals surface area contributed by atoms with Crippen LogP contribution in [0.3, 0.4) is 0 Å². The molecule has 1 heterocycles. The predicted octanol–water partition coefficient (Wildman–Crippen LogP) is 2.12. The number of aryl methyl sites for hydroxylation is 1. The summed E-state index contributed by atoms with van der Waals surface area (Å²) in [6.45, 7) is 8.25. The Morgan fingerprint density at radius 3 is 3.00 bits per heavy atom. The van der Waals surface area contributed by atoms with E-state index in [4.69, 9.17) is 4.74 Å². The molecule has 0 aromatic heterocycles. The summed E-state index contributed by atoms with van der Waals surface area (Å²) in [6.07, 6.45) is 1.43. The van der Waals surface area contributed by atoms with E-state index in [2.05, 4.69) is 42.3 Å². The highest BCUT2D eigenvalue weighted by Gasteiger charge is 2.21. The molecule has 0 amide bonds. The summed E-state index contributed by atoms with van der Waals surface area (Å²) < 4.78 is 5.82. The smallest absolute Gasteiger partial charge is 0.0762 e. The zero-order valence-corrected chi connectivity index (χ0v) is 11.7. The van der Waals surface area contributed by atoms with Gasteiger partial charge >= 0.3 is 0 Å². The quantitative estimate of drug-likeness (QED) is 0.883. The number of morpholine rings is 1. The summed E-state index contributed by atoms with van der Waals surface area (Å²) in [7, 11) is 1.99. The number of hydrogen-bond acceptors (Lipinski definition) is 3. The first-order valence-corrected chi connectivity index (χ1v) is 6.79. The highest BCUT2D eigenvalue weighted by molar-refractivity contribution is 5.56. The van der Waals surface area contributed by atoms with Crippen LogP contribution in [0.25, 0.3) is 0 Å². The van der Waals surface area contributed by atoms with E-state index in [1.54, 1.807) is 0 Å². The van der Waals surface area contributed by atoms with Crippen molar-refractivity contribution in [3.63, 3.8) is 0 Å². The van der Waals surface area contributed by atoms with Crippen molar-refractivity contribution in [1.29, 1.82) is 0 Å². The van der Waals surface area contributed by atoms with Crippen molar-refractivity contribution >= 4 is 5.69 Å². The van der Waals surface area contributed by atoms with Gasteiger partial charge in [0.1, 0.15) is 0 Å². The van der Waals surface area contributed by atoms with Gasteiger partial charge < -0.3 is 15.0 Å². The van der Waals surface area contributed by atoms with E-state index in [0.717, 1.165) is 32.7 Å². The minimum atomic E-state index is 0.353. The van der Waals surface area contributed by atoms with Gasteiger partial charge in [0, 0.05) is 18.8 Å². The highest BCUT2D eigenvalue weighted by atomic mass is 16.5. The molecule has 1 fully saturated rings. The second-order valence-electron chi connectivity index (χ2n) is 5.05. The van der Waals surface area contributed by atoms with Gasteiger partial charge in [-0.1, -0.05) is 12.1 Å². The molecular weight excluding hydrogens is 224 g/mol. The third-order valence-corrected chi connectivity index (χ3v) is 3.77. The molecular formula is C15H24N2O. The molecule has 1 aromatic carbocycles. The van der Waals surface area contributed by atoms with Crippen LogP contribution in [0.1, 0.15) is 17.5 Å². The van der Waals surface area contributed by atoms with E-state index in [-0.39, 0.29) is 0 Å². The first kappa shape index (κ1) is 13.4. The molecule has 0 saturated carbocycles. The summed E-state index contributed by atoms with van der Waals surface area (Å²) in [5.74, 6) is 0. The topological polar surface area (TPSA) is 24.5 Å². The van der Waals surface area contributed by atoms with Crippen LogP contribution in [0, 0.1) is 13.8 Å². The molecule has 2 rings (SSSR count). The van der Waals surface area contributed by atoms with Gasteiger partial charge in [0.05, 0.1) is 12.7 Å². The molecule has 3 heteroatoms. The molecule has 1 aromatic rings. The van der Waals surface area contributed by atoms with E-state index in [1.165, 1.54) is 16.8 Å². The van der Waals surface area contributed by atoms with Crippen LogP contribution in [0.2, 0.25) is 0 Å². The zero-order chi connectivity index (χ0) is 13.0. The molecule has 1 unspecified atom stereocenters. The normalized spacial score (nSPS) is 20.2. The first-order chi connectivity index (χ1) is 8.72. The van der Waals surface area contributed by atoms with Crippen molar-refractivity contribution in [2.75, 3.05) is 38.2 Å². The molecule has 0 aliphatic carbocycles. The summed E-state index contributed by atoms with van der Waals surface area (Å²) in [4.78, 5) is 2.46. The second kappa shape index (κ2) is 6.21. The van der Waals surface area contributed by atoms with Crippen molar-refractivity contribution in [3.05, 3.63) is 29.3 Å². The predicted molar refractivity (Wildman–Crippen MR) is 76.4 cm³/mol. The monoisotopic (exact) mass is 248 g/mol. The fraction of sp³-hybridized carbons (Fsp3) is 0.600. The maximum absolute atomic E-state index is 5.82. The molecule has 0 bridgehead atoms. The average Bonchev–Trinajstić information content (AvgIpc) is 2.40. The van der Waals surface area contributed by atoms with Gasteiger partial charge in [-0.3, -0.25) is 0 Å². The Balaban J connectivity index is 2.06. The lowest BCUT2D eigenvalue weighted by molar-refractivity contribution is 0.0357. The lowest BCUT2D eigenvalue weighted by Crippen LogP contribution is -2.43. The Kier molecular flexibility index (Phi) is 4.61. The Hall–Kier alpha value is -1.06. The molecule has 0 spiro atoms.